The molecule has 0 rings (SSSR count). The number of esters is 1. The van der Waals surface area contributed by atoms with Gasteiger partial charge in [-0.3, -0.25) is 4.79 Å². The third kappa shape index (κ3) is 17.3. The minimum absolute atomic E-state index is 0.0359. The Bertz CT molecular complexity index is 258. The molecule has 0 bridgehead atoms. The van der Waals surface area contributed by atoms with Crippen molar-refractivity contribution in [1.82, 2.24) is 0 Å². The molecule has 130 valence electrons. The highest BCUT2D eigenvalue weighted by atomic mass is 16.5. The predicted molar refractivity (Wildman–Crippen MR) is 96.1 cm³/mol. The Kier molecular flexibility index (Phi) is 17.6. The molecule has 22 heavy (non-hydrogen) atoms. The van der Waals surface area contributed by atoms with Gasteiger partial charge in [0.15, 0.2) is 0 Å². The smallest absolute Gasteiger partial charge is 0.305 e. The van der Waals surface area contributed by atoms with Crippen molar-refractivity contribution in [3.8, 4) is 0 Å². The van der Waals surface area contributed by atoms with Crippen molar-refractivity contribution in [2.24, 2.45) is 0 Å². The van der Waals surface area contributed by atoms with Gasteiger partial charge in [-0.1, -0.05) is 76.9 Å². The Morgan fingerprint density at radius 3 is 1.77 bits per heavy atom. The zero-order valence-electron chi connectivity index (χ0n) is 15.1. The van der Waals surface area contributed by atoms with Crippen molar-refractivity contribution in [3.05, 3.63) is 12.2 Å². The largest absolute Gasteiger partial charge is 0.466 e. The highest BCUT2D eigenvalue weighted by molar-refractivity contribution is 5.69. The summed E-state index contributed by atoms with van der Waals surface area (Å²) in [5, 5.41) is 0. The fourth-order valence-corrected chi connectivity index (χ4v) is 2.56. The summed E-state index contributed by atoms with van der Waals surface area (Å²) < 4.78 is 4.92. The molecule has 0 heterocycles. The van der Waals surface area contributed by atoms with E-state index in [4.69, 9.17) is 4.74 Å². The lowest BCUT2D eigenvalue weighted by molar-refractivity contribution is -0.143. The van der Waals surface area contributed by atoms with Gasteiger partial charge in [-0.15, -0.1) is 0 Å². The number of hydrogen-bond donors (Lipinski definition) is 0. The van der Waals surface area contributed by atoms with Gasteiger partial charge in [0.25, 0.3) is 0 Å². The van der Waals surface area contributed by atoms with Crippen LogP contribution in [0.2, 0.25) is 0 Å². The normalized spacial score (nSPS) is 11.2. The van der Waals surface area contributed by atoms with E-state index in [0.29, 0.717) is 13.0 Å². The third-order valence-corrected chi connectivity index (χ3v) is 3.95. The van der Waals surface area contributed by atoms with Crippen LogP contribution in [0, 0.1) is 0 Å². The molecule has 0 radical (unpaired) electrons. The fourth-order valence-electron chi connectivity index (χ4n) is 2.56. The van der Waals surface area contributed by atoms with Crippen molar-refractivity contribution in [2.45, 2.75) is 104 Å². The van der Waals surface area contributed by atoms with E-state index in [1.807, 2.05) is 6.92 Å². The second kappa shape index (κ2) is 18.3. The van der Waals surface area contributed by atoms with Gasteiger partial charge < -0.3 is 4.74 Å². The molecule has 0 unspecified atom stereocenters. The molecule has 0 aliphatic carbocycles. The highest BCUT2D eigenvalue weighted by Crippen LogP contribution is 2.12. The molecule has 2 heteroatoms. The lowest BCUT2D eigenvalue weighted by Crippen LogP contribution is -2.03. The average molecular weight is 311 g/mol. The SMILES string of the molecule is CCCC/C=C\CCCCCCCCCCCC(=O)OCC. The minimum atomic E-state index is -0.0359. The number of rotatable bonds is 16. The monoisotopic (exact) mass is 310 g/mol. The van der Waals surface area contributed by atoms with E-state index in [-0.39, 0.29) is 5.97 Å². The van der Waals surface area contributed by atoms with Crippen LogP contribution in [0.1, 0.15) is 104 Å². The van der Waals surface area contributed by atoms with Crippen molar-refractivity contribution >= 4 is 5.97 Å². The van der Waals surface area contributed by atoms with E-state index in [9.17, 15) is 4.79 Å². The summed E-state index contributed by atoms with van der Waals surface area (Å²) >= 11 is 0. The molecule has 0 aromatic carbocycles. The molecule has 0 amide bonds. The third-order valence-electron chi connectivity index (χ3n) is 3.95. The van der Waals surface area contributed by atoms with Crippen LogP contribution in [0.5, 0.6) is 0 Å². The van der Waals surface area contributed by atoms with E-state index in [0.717, 1.165) is 6.42 Å². The van der Waals surface area contributed by atoms with Crippen molar-refractivity contribution in [3.63, 3.8) is 0 Å². The summed E-state index contributed by atoms with van der Waals surface area (Å²) in [6.45, 7) is 4.61. The summed E-state index contributed by atoms with van der Waals surface area (Å²) in [5.74, 6) is -0.0359. The van der Waals surface area contributed by atoms with Gasteiger partial charge in [-0.2, -0.15) is 0 Å². The van der Waals surface area contributed by atoms with Crippen LogP contribution in [-0.2, 0) is 9.53 Å². The molecular formula is C20H38O2. The minimum Gasteiger partial charge on any atom is -0.466 e. The van der Waals surface area contributed by atoms with Gasteiger partial charge in [0.2, 0.25) is 0 Å². The van der Waals surface area contributed by atoms with Crippen molar-refractivity contribution in [1.29, 1.82) is 0 Å². The van der Waals surface area contributed by atoms with Gasteiger partial charge in [0, 0.05) is 6.42 Å². The van der Waals surface area contributed by atoms with E-state index in [1.165, 1.54) is 77.0 Å². The first-order valence-corrected chi connectivity index (χ1v) is 9.61. The van der Waals surface area contributed by atoms with Crippen molar-refractivity contribution in [2.75, 3.05) is 6.61 Å². The molecule has 0 aliphatic rings. The summed E-state index contributed by atoms with van der Waals surface area (Å²) in [6, 6.07) is 0. The first-order valence-electron chi connectivity index (χ1n) is 9.61. The van der Waals surface area contributed by atoms with E-state index < -0.39 is 0 Å². The Labute approximate surface area is 138 Å². The molecule has 0 fully saturated rings. The number of hydrogen-bond acceptors (Lipinski definition) is 2. The van der Waals surface area contributed by atoms with Gasteiger partial charge in [0.1, 0.15) is 0 Å². The van der Waals surface area contributed by atoms with E-state index in [2.05, 4.69) is 19.1 Å². The van der Waals surface area contributed by atoms with Crippen LogP contribution in [0.4, 0.5) is 0 Å². The van der Waals surface area contributed by atoms with E-state index >= 15 is 0 Å². The summed E-state index contributed by atoms with van der Waals surface area (Å²) in [4.78, 5) is 11.1. The van der Waals surface area contributed by atoms with Gasteiger partial charge >= 0.3 is 5.97 Å². The molecule has 2 nitrogen and oxygen atoms in total. The van der Waals surface area contributed by atoms with Gasteiger partial charge in [-0.05, 0) is 32.6 Å². The maximum absolute atomic E-state index is 11.1. The van der Waals surface area contributed by atoms with E-state index in [1.54, 1.807) is 0 Å². The number of carbonyl (C=O) groups is 1. The van der Waals surface area contributed by atoms with Crippen LogP contribution in [-0.4, -0.2) is 12.6 Å². The van der Waals surface area contributed by atoms with Gasteiger partial charge in [0.05, 0.1) is 6.61 Å². The fraction of sp³-hybridized carbons (Fsp3) is 0.850. The van der Waals surface area contributed by atoms with Crippen LogP contribution in [0.25, 0.3) is 0 Å². The maximum atomic E-state index is 11.1. The first-order chi connectivity index (χ1) is 10.8. The zero-order chi connectivity index (χ0) is 16.3. The molecule has 0 saturated carbocycles. The van der Waals surface area contributed by atoms with Crippen molar-refractivity contribution < 1.29 is 9.53 Å². The number of ether oxygens (including phenoxy) is 1. The standard InChI is InChI=1S/C20H38O2/c1-3-5-6-7-8-9-10-11-12-13-14-15-16-17-18-19-20(21)22-4-2/h7-8H,3-6,9-19H2,1-2H3/b8-7-. The topological polar surface area (TPSA) is 26.3 Å². The summed E-state index contributed by atoms with van der Waals surface area (Å²) in [7, 11) is 0. The second-order valence-corrected chi connectivity index (χ2v) is 6.14. The number of allylic oxidation sites excluding steroid dienone is 2. The number of unbranched alkanes of at least 4 members (excludes halogenated alkanes) is 11. The van der Waals surface area contributed by atoms with Crippen LogP contribution in [0.15, 0.2) is 12.2 Å². The molecule has 0 spiro atoms. The Morgan fingerprint density at radius 1 is 0.727 bits per heavy atom. The molecule has 0 aromatic rings. The Balaban J connectivity index is 3.08. The predicted octanol–water partition coefficient (Wildman–Crippen LogP) is 6.59. The highest BCUT2D eigenvalue weighted by Gasteiger charge is 2.00. The first kappa shape index (κ1) is 21.2. The average Bonchev–Trinajstić information content (AvgIpc) is 2.51. The quantitative estimate of drug-likeness (QED) is 0.183. The zero-order valence-corrected chi connectivity index (χ0v) is 15.1. The Hall–Kier alpha value is -0.790. The lowest BCUT2D eigenvalue weighted by Gasteiger charge is -2.03. The lowest BCUT2D eigenvalue weighted by atomic mass is 10.1. The molecule has 0 aromatic heterocycles. The Morgan fingerprint density at radius 2 is 1.23 bits per heavy atom. The molecular weight excluding hydrogens is 272 g/mol. The molecule has 0 N–H and O–H groups in total. The van der Waals surface area contributed by atoms with Crippen LogP contribution in [0.3, 0.4) is 0 Å². The van der Waals surface area contributed by atoms with Gasteiger partial charge in [-0.25, -0.2) is 0 Å². The summed E-state index contributed by atoms with van der Waals surface area (Å²) in [5.41, 5.74) is 0. The maximum Gasteiger partial charge on any atom is 0.305 e. The molecule has 0 saturated heterocycles. The van der Waals surface area contributed by atoms with Crippen LogP contribution < -0.4 is 0 Å². The van der Waals surface area contributed by atoms with Crippen LogP contribution >= 0.6 is 0 Å². The molecule has 0 atom stereocenters. The summed E-state index contributed by atoms with van der Waals surface area (Å²) in [6.07, 6.45) is 22.0. The number of carbonyl (C=O) groups excluding carboxylic acids is 1. The second-order valence-electron chi connectivity index (χ2n) is 6.14. The molecule has 0 aliphatic heterocycles.